The lowest BCUT2D eigenvalue weighted by atomic mass is 10.0. The van der Waals surface area contributed by atoms with Gasteiger partial charge in [-0.1, -0.05) is 30.7 Å². The van der Waals surface area contributed by atoms with Crippen LogP contribution >= 0.6 is 11.6 Å². The number of carbonyl (C=O) groups is 1. The van der Waals surface area contributed by atoms with Crippen LogP contribution in [0.25, 0.3) is 0 Å². The van der Waals surface area contributed by atoms with Gasteiger partial charge in [-0.05, 0) is 54.7 Å². The van der Waals surface area contributed by atoms with Gasteiger partial charge < -0.3 is 10.1 Å². The van der Waals surface area contributed by atoms with Crippen molar-refractivity contribution >= 4 is 27.5 Å². The maximum absolute atomic E-state index is 13.1. The van der Waals surface area contributed by atoms with Crippen molar-refractivity contribution in [2.75, 3.05) is 13.1 Å². The number of hydrogen-bond acceptors (Lipinski definition) is 4. The van der Waals surface area contributed by atoms with Gasteiger partial charge in [0.15, 0.2) is 0 Å². The van der Waals surface area contributed by atoms with Gasteiger partial charge in [-0.15, -0.1) is 0 Å². The minimum atomic E-state index is -3.82. The first-order valence-corrected chi connectivity index (χ1v) is 11.6. The number of halogens is 3. The fourth-order valence-electron chi connectivity index (χ4n) is 3.42. The Morgan fingerprint density at radius 2 is 1.97 bits per heavy atom. The van der Waals surface area contributed by atoms with Crippen LogP contribution in [0, 0.1) is 5.92 Å². The Bertz CT molecular complexity index is 1030. The van der Waals surface area contributed by atoms with Crippen molar-refractivity contribution in [2.45, 2.75) is 37.8 Å². The molecule has 1 aliphatic rings. The number of hydrogen-bond donors (Lipinski definition) is 1. The average Bonchev–Trinajstić information content (AvgIpc) is 2.73. The van der Waals surface area contributed by atoms with E-state index in [1.807, 2.05) is 6.92 Å². The summed E-state index contributed by atoms with van der Waals surface area (Å²) in [7, 11) is -3.82. The summed E-state index contributed by atoms with van der Waals surface area (Å²) in [6.45, 7) is 0.0565. The van der Waals surface area contributed by atoms with Gasteiger partial charge in [0.1, 0.15) is 10.6 Å². The summed E-state index contributed by atoms with van der Waals surface area (Å²) in [5.74, 6) is -0.205. The van der Waals surface area contributed by atoms with Gasteiger partial charge in [0, 0.05) is 25.2 Å². The lowest BCUT2D eigenvalue weighted by molar-refractivity contribution is -0.0498. The van der Waals surface area contributed by atoms with Gasteiger partial charge in [-0.2, -0.15) is 13.1 Å². The molecule has 31 heavy (non-hydrogen) atoms. The molecule has 2 aromatic carbocycles. The summed E-state index contributed by atoms with van der Waals surface area (Å²) >= 11 is 6.16. The largest absolute Gasteiger partial charge is 0.435 e. The van der Waals surface area contributed by atoms with Gasteiger partial charge in [0.25, 0.3) is 5.91 Å². The number of nitrogens with one attached hydrogen (secondary N) is 1. The SMILES string of the molecule is CC1CCCN(S(=O)(=O)c2cc(C(=O)NCc3ccc(OC(F)F)cc3)ccc2Cl)C1. The van der Waals surface area contributed by atoms with Crippen LogP contribution in [0.1, 0.15) is 35.7 Å². The van der Waals surface area contributed by atoms with E-state index in [2.05, 4.69) is 10.1 Å². The highest BCUT2D eigenvalue weighted by Gasteiger charge is 2.30. The van der Waals surface area contributed by atoms with Crippen LogP contribution in [0.2, 0.25) is 5.02 Å². The Morgan fingerprint density at radius 1 is 1.26 bits per heavy atom. The van der Waals surface area contributed by atoms with E-state index < -0.39 is 22.5 Å². The maximum atomic E-state index is 13.1. The number of amides is 1. The molecule has 3 rings (SSSR count). The quantitative estimate of drug-likeness (QED) is 0.652. The second-order valence-corrected chi connectivity index (χ2v) is 9.77. The van der Waals surface area contributed by atoms with Crippen molar-refractivity contribution in [3.05, 3.63) is 58.6 Å². The molecule has 1 heterocycles. The van der Waals surface area contributed by atoms with E-state index >= 15 is 0 Å². The van der Waals surface area contributed by atoms with Crippen LogP contribution in [0.4, 0.5) is 8.78 Å². The molecule has 1 atom stereocenters. The molecule has 0 aliphatic carbocycles. The van der Waals surface area contributed by atoms with Crippen LogP contribution in [0.5, 0.6) is 5.75 Å². The number of nitrogens with zero attached hydrogens (tertiary/aromatic N) is 1. The Morgan fingerprint density at radius 3 is 2.61 bits per heavy atom. The lowest BCUT2D eigenvalue weighted by Gasteiger charge is -2.30. The van der Waals surface area contributed by atoms with E-state index in [4.69, 9.17) is 11.6 Å². The normalized spacial score (nSPS) is 17.5. The molecule has 0 radical (unpaired) electrons. The van der Waals surface area contributed by atoms with Crippen LogP contribution in [-0.4, -0.2) is 38.3 Å². The van der Waals surface area contributed by atoms with Gasteiger partial charge >= 0.3 is 6.61 Å². The Hall–Kier alpha value is -2.23. The zero-order valence-corrected chi connectivity index (χ0v) is 18.4. The summed E-state index contributed by atoms with van der Waals surface area (Å²) < 4.78 is 56.2. The van der Waals surface area contributed by atoms with Crippen molar-refractivity contribution in [2.24, 2.45) is 5.92 Å². The van der Waals surface area contributed by atoms with Crippen LogP contribution in [0.15, 0.2) is 47.4 Å². The zero-order chi connectivity index (χ0) is 22.6. The van der Waals surface area contributed by atoms with E-state index in [0.717, 1.165) is 12.8 Å². The highest BCUT2D eigenvalue weighted by molar-refractivity contribution is 7.89. The Balaban J connectivity index is 1.71. The molecular formula is C21H23ClF2N2O4S. The molecule has 0 aromatic heterocycles. The predicted octanol–water partition coefficient (Wildman–Crippen LogP) is 4.29. The first kappa shape index (κ1) is 23.4. The molecule has 1 unspecified atom stereocenters. The standard InChI is InChI=1S/C21H23ClF2N2O4S/c1-14-3-2-10-26(13-14)31(28,29)19-11-16(6-9-18(19)22)20(27)25-12-15-4-7-17(8-5-15)30-21(23)24/h4-9,11,14,21H,2-3,10,12-13H2,1H3,(H,25,27). The van der Waals surface area contributed by atoms with Gasteiger partial charge in [0.2, 0.25) is 10.0 Å². The number of piperidine rings is 1. The van der Waals surface area contributed by atoms with E-state index in [1.165, 1.54) is 34.6 Å². The van der Waals surface area contributed by atoms with Crippen molar-refractivity contribution in [3.63, 3.8) is 0 Å². The number of rotatable bonds is 7. The molecule has 2 aromatic rings. The minimum absolute atomic E-state index is 0.0182. The first-order chi connectivity index (χ1) is 14.7. The predicted molar refractivity (Wildman–Crippen MR) is 113 cm³/mol. The third kappa shape index (κ3) is 5.93. The number of alkyl halides is 2. The van der Waals surface area contributed by atoms with Crippen molar-refractivity contribution in [1.82, 2.24) is 9.62 Å². The number of sulfonamides is 1. The van der Waals surface area contributed by atoms with Gasteiger partial charge in [-0.25, -0.2) is 8.42 Å². The van der Waals surface area contributed by atoms with Crippen LogP contribution in [-0.2, 0) is 16.6 Å². The minimum Gasteiger partial charge on any atom is -0.435 e. The molecule has 10 heteroatoms. The van der Waals surface area contributed by atoms with Crippen LogP contribution < -0.4 is 10.1 Å². The van der Waals surface area contributed by atoms with Crippen molar-refractivity contribution < 1.29 is 26.7 Å². The zero-order valence-electron chi connectivity index (χ0n) is 16.9. The highest BCUT2D eigenvalue weighted by Crippen LogP contribution is 2.29. The van der Waals surface area contributed by atoms with E-state index in [9.17, 15) is 22.0 Å². The third-order valence-corrected chi connectivity index (χ3v) is 7.38. The second kappa shape index (κ2) is 9.93. The number of carbonyl (C=O) groups excluding carboxylic acids is 1. The molecule has 0 bridgehead atoms. The van der Waals surface area contributed by atoms with Crippen LogP contribution in [0.3, 0.4) is 0 Å². The highest BCUT2D eigenvalue weighted by atomic mass is 35.5. The average molecular weight is 473 g/mol. The van der Waals surface area contributed by atoms with Crippen molar-refractivity contribution in [3.8, 4) is 5.75 Å². The molecular weight excluding hydrogens is 450 g/mol. The van der Waals surface area contributed by atoms with Gasteiger partial charge in [0.05, 0.1) is 5.02 Å². The second-order valence-electron chi connectivity index (χ2n) is 7.46. The Kier molecular flexibility index (Phi) is 7.51. The molecule has 1 fully saturated rings. The molecule has 6 nitrogen and oxygen atoms in total. The van der Waals surface area contributed by atoms with E-state index in [0.29, 0.717) is 18.7 Å². The fourth-order valence-corrected chi connectivity index (χ4v) is 5.52. The lowest BCUT2D eigenvalue weighted by Crippen LogP contribution is -2.39. The summed E-state index contributed by atoms with van der Waals surface area (Å²) in [6, 6.07) is 9.98. The molecule has 1 amide bonds. The smallest absolute Gasteiger partial charge is 0.387 e. The topological polar surface area (TPSA) is 75.7 Å². The van der Waals surface area contributed by atoms with E-state index in [1.54, 1.807) is 12.1 Å². The summed E-state index contributed by atoms with van der Waals surface area (Å²) in [5, 5.41) is 2.74. The van der Waals surface area contributed by atoms with E-state index in [-0.39, 0.29) is 33.7 Å². The first-order valence-electron chi connectivity index (χ1n) is 9.78. The third-order valence-electron chi connectivity index (χ3n) is 5.03. The summed E-state index contributed by atoms with van der Waals surface area (Å²) in [4.78, 5) is 12.5. The maximum Gasteiger partial charge on any atom is 0.387 e. The molecule has 1 aliphatic heterocycles. The van der Waals surface area contributed by atoms with Crippen molar-refractivity contribution in [1.29, 1.82) is 0 Å². The number of benzene rings is 2. The molecule has 1 N–H and O–H groups in total. The molecule has 168 valence electrons. The fraction of sp³-hybridized carbons (Fsp3) is 0.381. The summed E-state index contributed by atoms with van der Waals surface area (Å²) in [5.41, 5.74) is 0.824. The molecule has 1 saturated heterocycles. The number of ether oxygens (including phenoxy) is 1. The summed E-state index contributed by atoms with van der Waals surface area (Å²) in [6.07, 6.45) is 1.75. The Labute approximate surface area is 185 Å². The monoisotopic (exact) mass is 472 g/mol. The molecule has 0 saturated carbocycles. The van der Waals surface area contributed by atoms with Gasteiger partial charge in [-0.3, -0.25) is 4.79 Å². The molecule has 0 spiro atoms.